The molecule has 3 heterocycles. The van der Waals surface area contributed by atoms with Crippen LogP contribution in [0.3, 0.4) is 0 Å². The third-order valence-electron chi connectivity index (χ3n) is 5.73. The van der Waals surface area contributed by atoms with Gasteiger partial charge in [0.15, 0.2) is 0 Å². The number of benzene rings is 2. The van der Waals surface area contributed by atoms with E-state index in [0.717, 1.165) is 16.7 Å². The van der Waals surface area contributed by atoms with Crippen molar-refractivity contribution in [3.63, 3.8) is 0 Å². The highest BCUT2D eigenvalue weighted by Crippen LogP contribution is 2.41. The van der Waals surface area contributed by atoms with Crippen LogP contribution in [0.1, 0.15) is 28.0 Å². The van der Waals surface area contributed by atoms with Crippen LogP contribution in [0.4, 0.5) is 4.39 Å². The molecule has 2 aromatic carbocycles. The van der Waals surface area contributed by atoms with Gasteiger partial charge in [-0.05, 0) is 65.2 Å². The number of hydrogen-bond donors (Lipinski definition) is 1. The molecule has 2 aromatic heterocycles. The van der Waals surface area contributed by atoms with Gasteiger partial charge in [-0.15, -0.1) is 0 Å². The van der Waals surface area contributed by atoms with Crippen LogP contribution in [0.25, 0.3) is 11.1 Å². The number of amides is 1. The van der Waals surface area contributed by atoms with E-state index in [1.54, 1.807) is 18.6 Å². The third kappa shape index (κ3) is 3.60. The number of rotatable bonds is 4. The summed E-state index contributed by atoms with van der Waals surface area (Å²) in [6.07, 6.45) is 5.72. The van der Waals surface area contributed by atoms with Crippen LogP contribution in [-0.4, -0.2) is 22.5 Å². The number of hydrogen-bond acceptors (Lipinski definition) is 4. The van der Waals surface area contributed by atoms with Gasteiger partial charge in [0.05, 0.1) is 6.61 Å². The van der Waals surface area contributed by atoms with E-state index in [4.69, 9.17) is 4.74 Å². The second-order valence-corrected chi connectivity index (χ2v) is 7.63. The number of ether oxygens (including phenoxy) is 1. The zero-order valence-corrected chi connectivity index (χ0v) is 17.2. The van der Waals surface area contributed by atoms with Crippen LogP contribution in [0.2, 0.25) is 0 Å². The number of carbonyl (C=O) groups excluding carboxylic acids is 1. The first-order valence-electron chi connectivity index (χ1n) is 10.3. The first-order chi connectivity index (χ1) is 15.7. The summed E-state index contributed by atoms with van der Waals surface area (Å²) >= 11 is 0. The van der Waals surface area contributed by atoms with Crippen molar-refractivity contribution < 1.29 is 13.9 Å². The molecule has 0 fully saturated rings. The maximum atomic E-state index is 13.4. The number of nitrogens with zero attached hydrogens (tertiary/aromatic N) is 2. The van der Waals surface area contributed by atoms with Crippen LogP contribution in [0, 0.1) is 5.82 Å². The maximum Gasteiger partial charge on any atom is 0.252 e. The summed E-state index contributed by atoms with van der Waals surface area (Å²) in [5, 5.41) is 3.19. The number of fused-ring (bicyclic) bond motifs is 1. The number of halogens is 1. The van der Waals surface area contributed by atoms with Crippen molar-refractivity contribution in [2.24, 2.45) is 0 Å². The molecule has 1 N–H and O–H groups in total. The first kappa shape index (κ1) is 19.9. The van der Waals surface area contributed by atoms with Gasteiger partial charge in [0.1, 0.15) is 22.8 Å². The van der Waals surface area contributed by atoms with Gasteiger partial charge < -0.3 is 10.1 Å². The van der Waals surface area contributed by atoms with Gasteiger partial charge in [-0.1, -0.05) is 24.3 Å². The normalized spacial score (nSPS) is 17.2. The predicted molar refractivity (Wildman–Crippen MR) is 119 cm³/mol. The summed E-state index contributed by atoms with van der Waals surface area (Å²) in [5.41, 5.74) is 3.15. The topological polar surface area (TPSA) is 64.1 Å². The summed E-state index contributed by atoms with van der Waals surface area (Å²) in [7, 11) is 0. The van der Waals surface area contributed by atoms with Crippen molar-refractivity contribution in [1.29, 1.82) is 0 Å². The molecule has 5 nitrogen and oxygen atoms in total. The lowest BCUT2D eigenvalue weighted by Crippen LogP contribution is -2.50. The molecule has 1 aliphatic rings. The molecule has 1 unspecified atom stereocenters. The average molecular weight is 425 g/mol. The number of pyridine rings is 2. The zero-order valence-electron chi connectivity index (χ0n) is 17.2. The van der Waals surface area contributed by atoms with E-state index in [1.165, 1.54) is 24.3 Å². The van der Waals surface area contributed by atoms with Gasteiger partial charge in [-0.25, -0.2) is 4.39 Å². The molecule has 0 saturated carbocycles. The van der Waals surface area contributed by atoms with E-state index in [0.29, 0.717) is 30.0 Å². The molecule has 1 aliphatic heterocycles. The fourth-order valence-corrected chi connectivity index (χ4v) is 4.09. The average Bonchev–Trinajstić information content (AvgIpc) is 2.85. The van der Waals surface area contributed by atoms with Gasteiger partial charge in [0.2, 0.25) is 0 Å². The number of carbonyl (C=O) groups is 1. The standard InChI is InChI=1S/C26H20FN3O2/c27-22-9-5-20(6-10-22)25(31)30-26(13-17-32-23-2-1-14-29-24(23)26)21-7-3-18(4-8-21)19-11-15-28-16-12-19/h1-12,14-16H,13,17H2,(H,30,31). The Morgan fingerprint density at radius 1 is 0.906 bits per heavy atom. The molecule has 0 aliphatic carbocycles. The zero-order chi connectivity index (χ0) is 22.0. The summed E-state index contributed by atoms with van der Waals surface area (Å²) < 4.78 is 19.2. The maximum absolute atomic E-state index is 13.4. The van der Waals surface area contributed by atoms with E-state index in [9.17, 15) is 9.18 Å². The highest BCUT2D eigenvalue weighted by molar-refractivity contribution is 5.95. The molecule has 0 spiro atoms. The lowest BCUT2D eigenvalue weighted by molar-refractivity contribution is 0.0883. The second-order valence-electron chi connectivity index (χ2n) is 7.63. The Balaban J connectivity index is 1.58. The molecule has 4 aromatic rings. The Labute approximate surface area is 184 Å². The fourth-order valence-electron chi connectivity index (χ4n) is 4.09. The second kappa shape index (κ2) is 8.23. The Bertz CT molecular complexity index is 1240. The van der Waals surface area contributed by atoms with E-state index in [-0.39, 0.29) is 11.7 Å². The molecule has 158 valence electrons. The molecule has 6 heteroatoms. The monoisotopic (exact) mass is 425 g/mol. The molecule has 1 amide bonds. The quantitative estimate of drug-likeness (QED) is 0.513. The van der Waals surface area contributed by atoms with Crippen molar-refractivity contribution in [2.45, 2.75) is 12.0 Å². The van der Waals surface area contributed by atoms with Gasteiger partial charge >= 0.3 is 0 Å². The van der Waals surface area contributed by atoms with Crippen LogP contribution in [0.5, 0.6) is 5.75 Å². The Morgan fingerprint density at radius 2 is 1.62 bits per heavy atom. The highest BCUT2D eigenvalue weighted by Gasteiger charge is 2.42. The van der Waals surface area contributed by atoms with Crippen molar-refractivity contribution in [2.75, 3.05) is 6.61 Å². The molecule has 5 rings (SSSR count). The summed E-state index contributed by atoms with van der Waals surface area (Å²) in [4.78, 5) is 21.8. The number of nitrogens with one attached hydrogen (secondary N) is 1. The summed E-state index contributed by atoms with van der Waals surface area (Å²) in [6.45, 7) is 0.425. The van der Waals surface area contributed by atoms with E-state index < -0.39 is 5.54 Å². The number of aromatic nitrogens is 2. The minimum absolute atomic E-state index is 0.304. The lowest BCUT2D eigenvalue weighted by Gasteiger charge is -2.39. The molecular weight excluding hydrogens is 405 g/mol. The third-order valence-corrected chi connectivity index (χ3v) is 5.73. The van der Waals surface area contributed by atoms with Crippen LogP contribution in [0.15, 0.2) is 91.4 Å². The molecule has 1 atom stereocenters. The molecule has 0 bridgehead atoms. The minimum Gasteiger partial charge on any atom is -0.491 e. The van der Waals surface area contributed by atoms with Gasteiger partial charge in [0.25, 0.3) is 5.91 Å². The Morgan fingerprint density at radius 3 is 2.38 bits per heavy atom. The Kier molecular flexibility index (Phi) is 5.11. The molecule has 32 heavy (non-hydrogen) atoms. The first-order valence-corrected chi connectivity index (χ1v) is 10.3. The van der Waals surface area contributed by atoms with Gasteiger partial charge in [-0.2, -0.15) is 0 Å². The van der Waals surface area contributed by atoms with Gasteiger partial charge in [0, 0.05) is 30.6 Å². The summed E-state index contributed by atoms with van der Waals surface area (Å²) in [5.74, 6) is -0.0564. The van der Waals surface area contributed by atoms with Crippen molar-refractivity contribution in [3.05, 3.63) is 114 Å². The minimum atomic E-state index is -0.878. The molecule has 0 saturated heterocycles. The van der Waals surface area contributed by atoms with Crippen molar-refractivity contribution in [1.82, 2.24) is 15.3 Å². The van der Waals surface area contributed by atoms with E-state index >= 15 is 0 Å². The largest absolute Gasteiger partial charge is 0.491 e. The SMILES string of the molecule is O=C(NC1(c2ccc(-c3ccncc3)cc2)CCOc2cccnc21)c1ccc(F)cc1. The highest BCUT2D eigenvalue weighted by atomic mass is 19.1. The lowest BCUT2D eigenvalue weighted by atomic mass is 9.80. The van der Waals surface area contributed by atoms with E-state index in [2.05, 4.69) is 15.3 Å². The van der Waals surface area contributed by atoms with Gasteiger partial charge in [-0.3, -0.25) is 14.8 Å². The van der Waals surface area contributed by atoms with Crippen molar-refractivity contribution >= 4 is 5.91 Å². The molecule has 0 radical (unpaired) electrons. The van der Waals surface area contributed by atoms with Crippen LogP contribution >= 0.6 is 0 Å². The predicted octanol–water partition coefficient (Wildman–Crippen LogP) is 4.74. The summed E-state index contributed by atoms with van der Waals surface area (Å²) in [6, 6.07) is 21.1. The van der Waals surface area contributed by atoms with Crippen LogP contribution in [-0.2, 0) is 5.54 Å². The fraction of sp³-hybridized carbons (Fsp3) is 0.115. The van der Waals surface area contributed by atoms with Crippen molar-refractivity contribution in [3.8, 4) is 16.9 Å². The smallest absolute Gasteiger partial charge is 0.252 e. The molecular formula is C26H20FN3O2. The van der Waals surface area contributed by atoms with E-state index in [1.807, 2.05) is 48.5 Å². The van der Waals surface area contributed by atoms with Crippen LogP contribution < -0.4 is 10.1 Å². The Hall–Kier alpha value is -4.06.